The predicted molar refractivity (Wildman–Crippen MR) is 81.6 cm³/mol. The number of amides is 1. The maximum atomic E-state index is 13.0. The van der Waals surface area contributed by atoms with Crippen LogP contribution in [0.4, 0.5) is 14.5 Å². The minimum absolute atomic E-state index is 0.0973. The van der Waals surface area contributed by atoms with Crippen molar-refractivity contribution in [2.45, 2.75) is 19.3 Å². The Morgan fingerprint density at radius 2 is 2.00 bits per heavy atom. The molecule has 0 saturated carbocycles. The van der Waals surface area contributed by atoms with E-state index in [0.29, 0.717) is 4.88 Å². The minimum Gasteiger partial charge on any atom is -0.451 e. The van der Waals surface area contributed by atoms with Crippen LogP contribution in [0.3, 0.4) is 0 Å². The number of fused-ring (bicyclic) bond motifs is 1. The SMILES string of the molecule is O=C(COC(=O)c1cc2c(s1)CCC2)Nc1ccc(F)c(F)c1. The summed E-state index contributed by atoms with van der Waals surface area (Å²) in [7, 11) is 0. The summed E-state index contributed by atoms with van der Waals surface area (Å²) in [6.07, 6.45) is 3.05. The number of hydrogen-bond donors (Lipinski definition) is 1. The smallest absolute Gasteiger partial charge is 0.348 e. The third-order valence-corrected chi connectivity index (χ3v) is 4.70. The van der Waals surface area contributed by atoms with E-state index in [0.717, 1.165) is 31.4 Å². The van der Waals surface area contributed by atoms with E-state index in [-0.39, 0.29) is 5.69 Å². The molecule has 0 spiro atoms. The first kappa shape index (κ1) is 15.6. The first-order chi connectivity index (χ1) is 11.0. The molecule has 2 aromatic rings. The molecule has 3 rings (SSSR count). The lowest BCUT2D eigenvalue weighted by Gasteiger charge is -2.06. The molecule has 0 saturated heterocycles. The van der Waals surface area contributed by atoms with Crippen LogP contribution in [0, 0.1) is 11.6 Å². The van der Waals surface area contributed by atoms with Crippen molar-refractivity contribution in [1.29, 1.82) is 0 Å². The number of hydrogen-bond acceptors (Lipinski definition) is 4. The molecule has 0 bridgehead atoms. The number of rotatable bonds is 4. The molecule has 0 fully saturated rings. The molecule has 4 nitrogen and oxygen atoms in total. The normalized spacial score (nSPS) is 12.8. The summed E-state index contributed by atoms with van der Waals surface area (Å²) >= 11 is 1.39. The largest absolute Gasteiger partial charge is 0.451 e. The van der Waals surface area contributed by atoms with Crippen LogP contribution in [0.15, 0.2) is 24.3 Å². The van der Waals surface area contributed by atoms with Crippen molar-refractivity contribution in [3.63, 3.8) is 0 Å². The second-order valence-corrected chi connectivity index (χ2v) is 6.30. The number of ether oxygens (including phenoxy) is 1. The van der Waals surface area contributed by atoms with E-state index in [1.807, 2.05) is 6.07 Å². The van der Waals surface area contributed by atoms with Crippen molar-refractivity contribution in [2.24, 2.45) is 0 Å². The number of benzene rings is 1. The molecule has 7 heteroatoms. The maximum absolute atomic E-state index is 13.0. The van der Waals surface area contributed by atoms with Crippen molar-refractivity contribution in [2.75, 3.05) is 11.9 Å². The van der Waals surface area contributed by atoms with Crippen molar-refractivity contribution in [3.05, 3.63) is 51.2 Å². The van der Waals surface area contributed by atoms with Crippen LogP contribution in [0.5, 0.6) is 0 Å². The molecule has 1 heterocycles. The molecule has 1 aliphatic carbocycles. The van der Waals surface area contributed by atoms with Crippen LogP contribution in [0.2, 0.25) is 0 Å². The summed E-state index contributed by atoms with van der Waals surface area (Å²) in [5, 5.41) is 2.34. The molecule has 23 heavy (non-hydrogen) atoms. The third-order valence-electron chi connectivity index (χ3n) is 3.49. The second kappa shape index (κ2) is 6.45. The number of anilines is 1. The number of carbonyl (C=O) groups excluding carboxylic acids is 2. The van der Waals surface area contributed by atoms with Crippen molar-refractivity contribution < 1.29 is 23.1 Å². The van der Waals surface area contributed by atoms with Gasteiger partial charge >= 0.3 is 5.97 Å². The van der Waals surface area contributed by atoms with E-state index in [1.165, 1.54) is 27.8 Å². The van der Waals surface area contributed by atoms with Crippen LogP contribution in [0.1, 0.15) is 26.5 Å². The Labute approximate surface area is 135 Å². The maximum Gasteiger partial charge on any atom is 0.348 e. The van der Waals surface area contributed by atoms with Gasteiger partial charge in [-0.15, -0.1) is 11.3 Å². The van der Waals surface area contributed by atoms with Crippen LogP contribution in [0.25, 0.3) is 0 Å². The summed E-state index contributed by atoms with van der Waals surface area (Å²) in [6.45, 7) is -0.486. The van der Waals surface area contributed by atoms with Gasteiger partial charge in [0, 0.05) is 16.6 Å². The Hall–Kier alpha value is -2.28. The fraction of sp³-hybridized carbons (Fsp3) is 0.250. The minimum atomic E-state index is -1.06. The number of nitrogens with one attached hydrogen (secondary N) is 1. The summed E-state index contributed by atoms with van der Waals surface area (Å²) in [6, 6.07) is 4.80. The second-order valence-electron chi connectivity index (χ2n) is 5.17. The molecule has 1 amide bonds. The molecule has 1 N–H and O–H groups in total. The van der Waals surface area contributed by atoms with Crippen LogP contribution in [-0.4, -0.2) is 18.5 Å². The van der Waals surface area contributed by atoms with Gasteiger partial charge in [-0.1, -0.05) is 0 Å². The lowest BCUT2D eigenvalue weighted by atomic mass is 10.2. The quantitative estimate of drug-likeness (QED) is 0.871. The Bertz CT molecular complexity index is 751. The van der Waals surface area contributed by atoms with Crippen molar-refractivity contribution >= 4 is 28.9 Å². The number of aryl methyl sites for hydroxylation is 2. The van der Waals surface area contributed by atoms with Gasteiger partial charge in [0.05, 0.1) is 0 Å². The average molecular weight is 337 g/mol. The zero-order valence-electron chi connectivity index (χ0n) is 12.0. The van der Waals surface area contributed by atoms with E-state index in [1.54, 1.807) is 0 Å². The van der Waals surface area contributed by atoms with Gasteiger partial charge in [0.25, 0.3) is 5.91 Å². The van der Waals surface area contributed by atoms with E-state index in [4.69, 9.17) is 4.74 Å². The molecule has 0 aliphatic heterocycles. The predicted octanol–water partition coefficient (Wildman–Crippen LogP) is 3.31. The highest BCUT2D eigenvalue weighted by Crippen LogP contribution is 2.30. The van der Waals surface area contributed by atoms with E-state index in [2.05, 4.69) is 5.32 Å². The zero-order valence-corrected chi connectivity index (χ0v) is 12.8. The van der Waals surface area contributed by atoms with E-state index in [9.17, 15) is 18.4 Å². The third kappa shape index (κ3) is 3.56. The van der Waals surface area contributed by atoms with Crippen LogP contribution >= 0.6 is 11.3 Å². The van der Waals surface area contributed by atoms with Gasteiger partial charge in [-0.25, -0.2) is 13.6 Å². The highest BCUT2D eigenvalue weighted by atomic mass is 32.1. The Morgan fingerprint density at radius 1 is 1.17 bits per heavy atom. The highest BCUT2D eigenvalue weighted by molar-refractivity contribution is 7.14. The highest BCUT2D eigenvalue weighted by Gasteiger charge is 2.20. The Kier molecular flexibility index (Phi) is 4.38. The van der Waals surface area contributed by atoms with Gasteiger partial charge < -0.3 is 10.1 Å². The van der Waals surface area contributed by atoms with E-state index < -0.39 is 30.1 Å². The summed E-state index contributed by atoms with van der Waals surface area (Å²) in [5.74, 6) is -3.23. The molecular formula is C16H13F2NO3S. The number of thiophene rings is 1. The standard InChI is InChI=1S/C16H13F2NO3S/c17-11-5-4-10(7-12(11)18)19-15(20)8-22-16(21)14-6-9-2-1-3-13(9)23-14/h4-7H,1-3,8H2,(H,19,20). The monoisotopic (exact) mass is 337 g/mol. The topological polar surface area (TPSA) is 55.4 Å². The summed E-state index contributed by atoms with van der Waals surface area (Å²) in [4.78, 5) is 25.3. The number of halogens is 2. The van der Waals surface area contributed by atoms with Gasteiger partial charge in [-0.3, -0.25) is 4.79 Å². The van der Waals surface area contributed by atoms with Gasteiger partial charge in [-0.2, -0.15) is 0 Å². The molecule has 120 valence electrons. The molecule has 0 atom stereocenters. The molecular weight excluding hydrogens is 324 g/mol. The van der Waals surface area contributed by atoms with E-state index >= 15 is 0 Å². The lowest BCUT2D eigenvalue weighted by molar-refractivity contribution is -0.119. The van der Waals surface area contributed by atoms with Crippen LogP contribution < -0.4 is 5.32 Å². The lowest BCUT2D eigenvalue weighted by Crippen LogP contribution is -2.20. The van der Waals surface area contributed by atoms with Gasteiger partial charge in [0.15, 0.2) is 18.2 Å². The first-order valence-electron chi connectivity index (χ1n) is 7.06. The molecule has 1 aromatic heterocycles. The van der Waals surface area contributed by atoms with Gasteiger partial charge in [0.1, 0.15) is 4.88 Å². The molecule has 1 aromatic carbocycles. The number of carbonyl (C=O) groups is 2. The summed E-state index contributed by atoms with van der Waals surface area (Å²) < 4.78 is 30.8. The van der Waals surface area contributed by atoms with Crippen LogP contribution in [-0.2, 0) is 22.4 Å². The number of esters is 1. The molecule has 1 aliphatic rings. The first-order valence-corrected chi connectivity index (χ1v) is 7.88. The summed E-state index contributed by atoms with van der Waals surface area (Å²) in [5.41, 5.74) is 1.27. The van der Waals surface area contributed by atoms with Crippen molar-refractivity contribution in [3.8, 4) is 0 Å². The Balaban J connectivity index is 1.53. The molecule has 0 unspecified atom stereocenters. The molecule has 0 radical (unpaired) electrons. The fourth-order valence-electron chi connectivity index (χ4n) is 2.40. The Morgan fingerprint density at radius 3 is 2.74 bits per heavy atom. The van der Waals surface area contributed by atoms with Gasteiger partial charge in [-0.05, 0) is 43.0 Å². The zero-order chi connectivity index (χ0) is 16.4. The van der Waals surface area contributed by atoms with Gasteiger partial charge in [0.2, 0.25) is 0 Å². The van der Waals surface area contributed by atoms with Crippen molar-refractivity contribution in [1.82, 2.24) is 0 Å². The average Bonchev–Trinajstić information content (AvgIpc) is 3.10. The fourth-order valence-corrected chi connectivity index (χ4v) is 3.55.